The number of anilines is 1. The van der Waals surface area contributed by atoms with E-state index in [4.69, 9.17) is 0 Å². The van der Waals surface area contributed by atoms with Gasteiger partial charge in [-0.3, -0.25) is 4.79 Å². The smallest absolute Gasteiger partial charge is 0.246 e. The molecule has 1 saturated heterocycles. The molecule has 2 heterocycles. The number of carbonyl (C=O) groups excluding carboxylic acids is 1. The third kappa shape index (κ3) is 4.94. The Morgan fingerprint density at radius 3 is 2.30 bits per heavy atom. The lowest BCUT2D eigenvalue weighted by Gasteiger charge is -2.34. The van der Waals surface area contributed by atoms with Crippen LogP contribution in [-0.4, -0.2) is 47.0 Å². The van der Waals surface area contributed by atoms with Gasteiger partial charge in [0.25, 0.3) is 0 Å². The van der Waals surface area contributed by atoms with Crippen molar-refractivity contribution in [2.75, 3.05) is 31.1 Å². The maximum atomic E-state index is 12.5. The topological polar surface area (TPSA) is 49.3 Å². The Morgan fingerprint density at radius 1 is 1.04 bits per heavy atom. The van der Waals surface area contributed by atoms with Crippen molar-refractivity contribution in [3.05, 3.63) is 59.6 Å². The molecule has 1 fully saturated rings. The number of aryl methyl sites for hydroxylation is 1. The molecule has 2 aromatic rings. The van der Waals surface area contributed by atoms with Crippen molar-refractivity contribution >= 4 is 17.8 Å². The average Bonchev–Trinajstić information content (AvgIpc) is 2.66. The SMILES string of the molecule is Cc1cc(N2CCN(C(=O)/C=C/c3ccc(C(C)(C)C)cc3)CC2)ncn1. The summed E-state index contributed by atoms with van der Waals surface area (Å²) in [5, 5.41) is 0. The van der Waals surface area contributed by atoms with Gasteiger partial charge in [0.05, 0.1) is 0 Å². The molecule has 1 aromatic heterocycles. The minimum atomic E-state index is 0.0633. The van der Waals surface area contributed by atoms with Gasteiger partial charge in [-0.2, -0.15) is 0 Å². The summed E-state index contributed by atoms with van der Waals surface area (Å²) in [5.74, 6) is 0.998. The second kappa shape index (κ2) is 7.91. The molecule has 1 aromatic carbocycles. The minimum absolute atomic E-state index is 0.0633. The van der Waals surface area contributed by atoms with Crippen molar-refractivity contribution in [3.8, 4) is 0 Å². The van der Waals surface area contributed by atoms with Crippen LogP contribution in [0, 0.1) is 6.92 Å². The van der Waals surface area contributed by atoms with Crippen molar-refractivity contribution in [3.63, 3.8) is 0 Å². The van der Waals surface area contributed by atoms with Crippen molar-refractivity contribution in [2.45, 2.75) is 33.1 Å². The number of hydrogen-bond acceptors (Lipinski definition) is 4. The maximum Gasteiger partial charge on any atom is 0.246 e. The second-order valence-electron chi connectivity index (χ2n) is 8.04. The molecule has 0 spiro atoms. The molecule has 0 radical (unpaired) electrons. The Morgan fingerprint density at radius 2 is 1.70 bits per heavy atom. The standard InChI is InChI=1S/C22H28N4O/c1-17-15-20(24-16-23-17)25-11-13-26(14-12-25)21(27)10-7-18-5-8-19(9-6-18)22(2,3)4/h5-10,15-16H,11-14H2,1-4H3/b10-7+. The highest BCUT2D eigenvalue weighted by Gasteiger charge is 2.20. The van der Waals surface area contributed by atoms with E-state index in [0.717, 1.165) is 30.2 Å². The van der Waals surface area contributed by atoms with Gasteiger partial charge in [0.1, 0.15) is 12.1 Å². The van der Waals surface area contributed by atoms with Crippen LogP contribution in [-0.2, 0) is 10.2 Å². The summed E-state index contributed by atoms with van der Waals surface area (Å²) in [5.41, 5.74) is 3.44. The number of hydrogen-bond donors (Lipinski definition) is 0. The van der Waals surface area contributed by atoms with Crippen LogP contribution in [0.15, 0.2) is 42.7 Å². The number of rotatable bonds is 3. The van der Waals surface area contributed by atoms with E-state index in [1.807, 2.05) is 24.0 Å². The molecule has 1 aliphatic rings. The van der Waals surface area contributed by atoms with Gasteiger partial charge in [-0.15, -0.1) is 0 Å². The number of aromatic nitrogens is 2. The molecule has 5 heteroatoms. The van der Waals surface area contributed by atoms with Gasteiger partial charge < -0.3 is 9.80 Å². The van der Waals surface area contributed by atoms with Crippen LogP contribution >= 0.6 is 0 Å². The molecule has 27 heavy (non-hydrogen) atoms. The lowest BCUT2D eigenvalue weighted by Crippen LogP contribution is -2.48. The lowest BCUT2D eigenvalue weighted by atomic mass is 9.87. The van der Waals surface area contributed by atoms with Gasteiger partial charge in [-0.1, -0.05) is 45.0 Å². The van der Waals surface area contributed by atoms with Crippen LogP contribution in [0.5, 0.6) is 0 Å². The van der Waals surface area contributed by atoms with Gasteiger partial charge in [0.2, 0.25) is 5.91 Å². The predicted octanol–water partition coefficient (Wildman–Crippen LogP) is 3.44. The van der Waals surface area contributed by atoms with E-state index in [1.165, 1.54) is 5.56 Å². The zero-order valence-corrected chi connectivity index (χ0v) is 16.6. The van der Waals surface area contributed by atoms with Crippen LogP contribution in [0.4, 0.5) is 5.82 Å². The molecular weight excluding hydrogens is 336 g/mol. The molecule has 1 aliphatic heterocycles. The Bertz CT molecular complexity index is 813. The fourth-order valence-corrected chi connectivity index (χ4v) is 3.14. The molecule has 1 amide bonds. The quantitative estimate of drug-likeness (QED) is 0.783. The van der Waals surface area contributed by atoms with E-state index in [9.17, 15) is 4.79 Å². The molecule has 0 saturated carbocycles. The first-order valence-corrected chi connectivity index (χ1v) is 9.44. The number of amides is 1. The summed E-state index contributed by atoms with van der Waals surface area (Å²) < 4.78 is 0. The highest BCUT2D eigenvalue weighted by Crippen LogP contribution is 2.22. The van der Waals surface area contributed by atoms with E-state index < -0.39 is 0 Å². The Kier molecular flexibility index (Phi) is 5.59. The van der Waals surface area contributed by atoms with Gasteiger partial charge in [0.15, 0.2) is 0 Å². The maximum absolute atomic E-state index is 12.5. The normalized spacial score (nSPS) is 15.4. The Balaban J connectivity index is 1.55. The molecule has 0 N–H and O–H groups in total. The van der Waals surface area contributed by atoms with E-state index in [1.54, 1.807) is 12.4 Å². The first kappa shape index (κ1) is 19.1. The Labute approximate surface area is 161 Å². The molecule has 0 atom stereocenters. The number of benzene rings is 1. The number of carbonyl (C=O) groups is 1. The van der Waals surface area contributed by atoms with Gasteiger partial charge in [0, 0.05) is 44.0 Å². The van der Waals surface area contributed by atoms with Crippen molar-refractivity contribution < 1.29 is 4.79 Å². The first-order valence-electron chi connectivity index (χ1n) is 9.44. The zero-order chi connectivity index (χ0) is 19.4. The first-order chi connectivity index (χ1) is 12.8. The minimum Gasteiger partial charge on any atom is -0.353 e. The largest absolute Gasteiger partial charge is 0.353 e. The second-order valence-corrected chi connectivity index (χ2v) is 8.04. The molecular formula is C22H28N4O. The fourth-order valence-electron chi connectivity index (χ4n) is 3.14. The Hall–Kier alpha value is -2.69. The highest BCUT2D eigenvalue weighted by atomic mass is 16.2. The molecule has 5 nitrogen and oxygen atoms in total. The van der Waals surface area contributed by atoms with Gasteiger partial charge in [-0.25, -0.2) is 9.97 Å². The van der Waals surface area contributed by atoms with E-state index >= 15 is 0 Å². The monoisotopic (exact) mass is 364 g/mol. The van der Waals surface area contributed by atoms with E-state index in [2.05, 4.69) is 59.9 Å². The van der Waals surface area contributed by atoms with Crippen molar-refractivity contribution in [1.29, 1.82) is 0 Å². The molecule has 142 valence electrons. The average molecular weight is 364 g/mol. The van der Waals surface area contributed by atoms with E-state index in [0.29, 0.717) is 13.1 Å². The van der Waals surface area contributed by atoms with Crippen molar-refractivity contribution in [1.82, 2.24) is 14.9 Å². The fraction of sp³-hybridized carbons (Fsp3) is 0.409. The zero-order valence-electron chi connectivity index (χ0n) is 16.6. The molecule has 0 bridgehead atoms. The van der Waals surface area contributed by atoms with Gasteiger partial charge >= 0.3 is 0 Å². The summed E-state index contributed by atoms with van der Waals surface area (Å²) in [6.45, 7) is 11.5. The van der Waals surface area contributed by atoms with Crippen LogP contribution in [0.1, 0.15) is 37.6 Å². The number of nitrogens with zero attached hydrogens (tertiary/aromatic N) is 4. The van der Waals surface area contributed by atoms with Crippen LogP contribution in [0.3, 0.4) is 0 Å². The number of piperazine rings is 1. The summed E-state index contributed by atoms with van der Waals surface area (Å²) in [7, 11) is 0. The predicted molar refractivity (Wildman–Crippen MR) is 110 cm³/mol. The third-order valence-corrected chi connectivity index (χ3v) is 4.90. The van der Waals surface area contributed by atoms with Crippen LogP contribution in [0.25, 0.3) is 6.08 Å². The van der Waals surface area contributed by atoms with Crippen LogP contribution < -0.4 is 4.90 Å². The molecule has 0 aliphatic carbocycles. The third-order valence-electron chi connectivity index (χ3n) is 4.90. The van der Waals surface area contributed by atoms with E-state index in [-0.39, 0.29) is 11.3 Å². The highest BCUT2D eigenvalue weighted by molar-refractivity contribution is 5.92. The van der Waals surface area contributed by atoms with Gasteiger partial charge in [-0.05, 0) is 29.5 Å². The van der Waals surface area contributed by atoms with Crippen molar-refractivity contribution in [2.24, 2.45) is 0 Å². The lowest BCUT2D eigenvalue weighted by molar-refractivity contribution is -0.126. The summed E-state index contributed by atoms with van der Waals surface area (Å²) in [4.78, 5) is 25.1. The van der Waals surface area contributed by atoms with Crippen LogP contribution in [0.2, 0.25) is 0 Å². The summed E-state index contributed by atoms with van der Waals surface area (Å²) >= 11 is 0. The molecule has 3 rings (SSSR count). The summed E-state index contributed by atoms with van der Waals surface area (Å²) in [6, 6.07) is 10.4. The molecule has 0 unspecified atom stereocenters. The summed E-state index contributed by atoms with van der Waals surface area (Å²) in [6.07, 6.45) is 5.17.